The topological polar surface area (TPSA) is 64.4 Å². The van der Waals surface area contributed by atoms with E-state index in [2.05, 4.69) is 62.3 Å². The highest BCUT2D eigenvalue weighted by Crippen LogP contribution is 2.40. The van der Waals surface area contributed by atoms with Crippen molar-refractivity contribution in [3.63, 3.8) is 0 Å². The van der Waals surface area contributed by atoms with E-state index in [1.54, 1.807) is 0 Å². The van der Waals surface area contributed by atoms with Crippen LogP contribution in [0.1, 0.15) is 96.6 Å². The summed E-state index contributed by atoms with van der Waals surface area (Å²) >= 11 is 0. The molecule has 0 radical (unpaired) electrons. The van der Waals surface area contributed by atoms with Crippen molar-refractivity contribution in [1.29, 1.82) is 5.41 Å². The lowest BCUT2D eigenvalue weighted by molar-refractivity contribution is 0.0963. The maximum atomic E-state index is 13.3. The van der Waals surface area contributed by atoms with Crippen molar-refractivity contribution in [3.8, 4) is 5.75 Å². The van der Waals surface area contributed by atoms with Crippen molar-refractivity contribution < 1.29 is 9.90 Å². The van der Waals surface area contributed by atoms with Crippen molar-refractivity contribution in [1.82, 2.24) is 4.90 Å². The molecular formula is C26H42N2O2. The number of hydrogen-bond acceptors (Lipinski definition) is 3. The van der Waals surface area contributed by atoms with Crippen LogP contribution in [0.5, 0.6) is 5.75 Å². The standard InChI is InChI=1S/C26H42N2O2/c1-10-11-17-14-28(24(27)22(17)16(2)3)15-21(29)18-12-19(25(4,5)6)23(30)20(13-18)26(7,8)9/h12-13,16-17,22,27,30H,10-11,14-15H2,1-9H3. The van der Waals surface area contributed by atoms with Crippen LogP contribution in [0.2, 0.25) is 0 Å². The first kappa shape index (κ1) is 24.4. The summed E-state index contributed by atoms with van der Waals surface area (Å²) in [5.74, 6) is 2.02. The highest BCUT2D eigenvalue weighted by molar-refractivity contribution is 6.01. The Hall–Kier alpha value is -1.84. The van der Waals surface area contributed by atoms with Gasteiger partial charge in [-0.1, -0.05) is 68.7 Å². The van der Waals surface area contributed by atoms with Gasteiger partial charge in [0.2, 0.25) is 0 Å². The van der Waals surface area contributed by atoms with Gasteiger partial charge in [0, 0.05) is 29.2 Å². The number of aromatic hydroxyl groups is 1. The highest BCUT2D eigenvalue weighted by Gasteiger charge is 2.39. The number of likely N-dealkylation sites (tertiary alicyclic amines) is 1. The molecule has 0 amide bonds. The minimum Gasteiger partial charge on any atom is -0.507 e. The summed E-state index contributed by atoms with van der Waals surface area (Å²) < 4.78 is 0. The van der Waals surface area contributed by atoms with E-state index in [9.17, 15) is 9.90 Å². The predicted octanol–water partition coefficient (Wildman–Crippen LogP) is 6.15. The molecule has 0 saturated carbocycles. The molecule has 2 rings (SSSR count). The van der Waals surface area contributed by atoms with Crippen LogP contribution in [-0.4, -0.2) is 34.7 Å². The van der Waals surface area contributed by atoms with Crippen molar-refractivity contribution in [2.75, 3.05) is 13.1 Å². The smallest absolute Gasteiger partial charge is 0.182 e. The average molecular weight is 415 g/mol. The third-order valence-electron chi connectivity index (χ3n) is 6.38. The number of carbonyl (C=O) groups is 1. The van der Waals surface area contributed by atoms with E-state index in [0.29, 0.717) is 29.0 Å². The predicted molar refractivity (Wildman–Crippen MR) is 126 cm³/mol. The van der Waals surface area contributed by atoms with Gasteiger partial charge in [0.25, 0.3) is 0 Å². The molecule has 4 heteroatoms. The summed E-state index contributed by atoms with van der Waals surface area (Å²) in [5.41, 5.74) is 1.71. The molecule has 1 aromatic carbocycles. The lowest BCUT2D eigenvalue weighted by Crippen LogP contribution is -2.33. The van der Waals surface area contributed by atoms with Crippen molar-refractivity contribution in [2.24, 2.45) is 17.8 Å². The minimum absolute atomic E-state index is 0.0235. The average Bonchev–Trinajstić information content (AvgIpc) is 2.88. The number of ketones is 1. The van der Waals surface area contributed by atoms with Crippen LogP contribution in [0, 0.1) is 23.2 Å². The molecule has 168 valence electrons. The number of Topliss-reactive ketones (excluding diaryl/α,β-unsaturated/α-hetero) is 1. The molecule has 0 aromatic heterocycles. The zero-order valence-electron chi connectivity index (χ0n) is 20.5. The Balaban J connectivity index is 2.38. The fourth-order valence-electron chi connectivity index (χ4n) is 4.78. The van der Waals surface area contributed by atoms with Crippen LogP contribution in [0.4, 0.5) is 0 Å². The molecule has 2 atom stereocenters. The van der Waals surface area contributed by atoms with E-state index in [-0.39, 0.29) is 29.1 Å². The Kier molecular flexibility index (Phi) is 7.10. The van der Waals surface area contributed by atoms with Gasteiger partial charge in [-0.05, 0) is 41.2 Å². The van der Waals surface area contributed by atoms with E-state index in [1.807, 2.05) is 17.0 Å². The Morgan fingerprint density at radius 1 is 1.13 bits per heavy atom. The third kappa shape index (κ3) is 5.07. The summed E-state index contributed by atoms with van der Waals surface area (Å²) in [4.78, 5) is 15.3. The quantitative estimate of drug-likeness (QED) is 0.549. The van der Waals surface area contributed by atoms with Crippen molar-refractivity contribution >= 4 is 11.6 Å². The molecule has 2 N–H and O–H groups in total. The fourth-order valence-corrected chi connectivity index (χ4v) is 4.78. The van der Waals surface area contributed by atoms with Gasteiger partial charge < -0.3 is 10.0 Å². The lowest BCUT2D eigenvalue weighted by Gasteiger charge is -2.28. The number of nitrogens with one attached hydrogen (secondary N) is 1. The van der Waals surface area contributed by atoms with Gasteiger partial charge in [0.15, 0.2) is 5.78 Å². The van der Waals surface area contributed by atoms with Crippen LogP contribution in [0.3, 0.4) is 0 Å². The monoisotopic (exact) mass is 414 g/mol. The molecule has 0 bridgehead atoms. The number of nitrogens with zero attached hydrogens (tertiary/aromatic N) is 1. The molecule has 1 aliphatic heterocycles. The first-order valence-electron chi connectivity index (χ1n) is 11.4. The molecule has 1 saturated heterocycles. The Morgan fingerprint density at radius 3 is 2.03 bits per heavy atom. The van der Waals surface area contributed by atoms with Crippen LogP contribution < -0.4 is 0 Å². The second-order valence-corrected chi connectivity index (χ2v) is 11.4. The molecule has 1 aliphatic rings. The van der Waals surface area contributed by atoms with E-state index >= 15 is 0 Å². The molecule has 1 fully saturated rings. The minimum atomic E-state index is -0.268. The zero-order chi connectivity index (χ0) is 23.0. The largest absolute Gasteiger partial charge is 0.507 e. The van der Waals surface area contributed by atoms with Gasteiger partial charge in [-0.2, -0.15) is 0 Å². The number of amidine groups is 1. The van der Waals surface area contributed by atoms with Crippen molar-refractivity contribution in [3.05, 3.63) is 28.8 Å². The van der Waals surface area contributed by atoms with Gasteiger partial charge in [0.05, 0.1) is 12.4 Å². The number of rotatable bonds is 6. The summed E-state index contributed by atoms with van der Waals surface area (Å²) in [6.07, 6.45) is 2.20. The van der Waals surface area contributed by atoms with Crippen LogP contribution in [0.15, 0.2) is 12.1 Å². The first-order chi connectivity index (χ1) is 13.7. The van der Waals surface area contributed by atoms with Gasteiger partial charge in [-0.15, -0.1) is 0 Å². The summed E-state index contributed by atoms with van der Waals surface area (Å²) in [6.45, 7) is 19.9. The number of phenolic OH excluding ortho intramolecular Hbond substituents is 1. The Morgan fingerprint density at radius 2 is 1.63 bits per heavy atom. The van der Waals surface area contributed by atoms with Crippen molar-refractivity contribution in [2.45, 2.75) is 86.0 Å². The lowest BCUT2D eigenvalue weighted by atomic mass is 9.78. The zero-order valence-corrected chi connectivity index (χ0v) is 20.5. The third-order valence-corrected chi connectivity index (χ3v) is 6.38. The second-order valence-electron chi connectivity index (χ2n) is 11.4. The molecule has 0 spiro atoms. The van der Waals surface area contributed by atoms with Crippen LogP contribution in [-0.2, 0) is 10.8 Å². The molecule has 1 aromatic rings. The molecule has 4 nitrogen and oxygen atoms in total. The van der Waals surface area contributed by atoms with Gasteiger partial charge in [0.1, 0.15) is 5.75 Å². The molecule has 30 heavy (non-hydrogen) atoms. The number of benzene rings is 1. The van der Waals surface area contributed by atoms with Crippen LogP contribution in [0.25, 0.3) is 0 Å². The fraction of sp³-hybridized carbons (Fsp3) is 0.692. The van der Waals surface area contributed by atoms with Gasteiger partial charge in [-0.25, -0.2) is 0 Å². The van der Waals surface area contributed by atoms with Gasteiger partial charge in [-0.3, -0.25) is 10.2 Å². The van der Waals surface area contributed by atoms with Crippen LogP contribution >= 0.6 is 0 Å². The second kappa shape index (κ2) is 8.72. The van der Waals surface area contributed by atoms with E-state index < -0.39 is 0 Å². The normalized spacial score (nSPS) is 20.3. The Labute approximate surface area is 183 Å². The molecule has 2 unspecified atom stereocenters. The maximum absolute atomic E-state index is 13.3. The van der Waals surface area contributed by atoms with E-state index in [4.69, 9.17) is 5.41 Å². The first-order valence-corrected chi connectivity index (χ1v) is 11.4. The molecule has 1 heterocycles. The van der Waals surface area contributed by atoms with E-state index in [0.717, 1.165) is 30.5 Å². The Bertz CT molecular complexity index is 761. The highest BCUT2D eigenvalue weighted by atomic mass is 16.3. The maximum Gasteiger partial charge on any atom is 0.182 e. The number of carbonyl (C=O) groups excluding carboxylic acids is 1. The van der Waals surface area contributed by atoms with Gasteiger partial charge >= 0.3 is 0 Å². The molecular weight excluding hydrogens is 372 g/mol. The van der Waals surface area contributed by atoms with E-state index in [1.165, 1.54) is 0 Å². The summed E-state index contributed by atoms with van der Waals surface area (Å²) in [6, 6.07) is 3.71. The summed E-state index contributed by atoms with van der Waals surface area (Å²) in [7, 11) is 0. The molecule has 0 aliphatic carbocycles. The number of phenols is 1. The number of hydrogen-bond donors (Lipinski definition) is 2. The summed E-state index contributed by atoms with van der Waals surface area (Å²) in [5, 5.41) is 19.6. The SMILES string of the molecule is CCCC1CN(CC(=O)c2cc(C(C)(C)C)c(O)c(C(C)(C)C)c2)C(=N)C1C(C)C.